The molecular formula is C19H17N5O4. The number of aromatic nitrogens is 2. The number of hydrogen-bond donors (Lipinski definition) is 3. The van der Waals surface area contributed by atoms with Crippen LogP contribution in [0.1, 0.15) is 21.5 Å². The molecule has 1 aromatic heterocycles. The maximum absolute atomic E-state index is 11.6. The Balaban J connectivity index is 1.83. The molecule has 0 atom stereocenters. The Kier molecular flexibility index (Phi) is 5.45. The molecule has 28 heavy (non-hydrogen) atoms. The van der Waals surface area contributed by atoms with Gasteiger partial charge in [-0.2, -0.15) is 0 Å². The van der Waals surface area contributed by atoms with E-state index in [1.165, 1.54) is 30.6 Å². The Labute approximate surface area is 160 Å². The van der Waals surface area contributed by atoms with Crippen LogP contribution in [0, 0.1) is 17.0 Å². The predicted molar refractivity (Wildman–Crippen MR) is 104 cm³/mol. The highest BCUT2D eigenvalue weighted by Crippen LogP contribution is 2.31. The lowest BCUT2D eigenvalue weighted by molar-refractivity contribution is -0.383. The van der Waals surface area contributed by atoms with E-state index >= 15 is 0 Å². The van der Waals surface area contributed by atoms with Crippen LogP contribution in [0.2, 0.25) is 0 Å². The van der Waals surface area contributed by atoms with E-state index in [2.05, 4.69) is 20.6 Å². The zero-order chi connectivity index (χ0) is 20.1. The summed E-state index contributed by atoms with van der Waals surface area (Å²) in [6.07, 6.45) is 1.22. The van der Waals surface area contributed by atoms with Gasteiger partial charge in [0.15, 0.2) is 0 Å². The van der Waals surface area contributed by atoms with Crippen LogP contribution in [0.15, 0.2) is 54.9 Å². The first kappa shape index (κ1) is 18.8. The van der Waals surface area contributed by atoms with E-state index in [4.69, 9.17) is 5.11 Å². The predicted octanol–water partition coefficient (Wildman–Crippen LogP) is 3.75. The quantitative estimate of drug-likeness (QED) is 0.418. The van der Waals surface area contributed by atoms with Gasteiger partial charge in [-0.25, -0.2) is 14.8 Å². The van der Waals surface area contributed by atoms with Crippen LogP contribution in [0.25, 0.3) is 0 Å². The Hall–Kier alpha value is -4.01. The molecule has 0 aliphatic rings. The van der Waals surface area contributed by atoms with Crippen molar-refractivity contribution in [3.05, 3.63) is 81.7 Å². The number of hydrogen-bond acceptors (Lipinski definition) is 7. The summed E-state index contributed by atoms with van der Waals surface area (Å²) in [6.45, 7) is 2.35. The summed E-state index contributed by atoms with van der Waals surface area (Å²) in [5.41, 5.74) is 2.37. The minimum absolute atomic E-state index is 0.00878. The highest BCUT2D eigenvalue weighted by Gasteiger charge is 2.23. The van der Waals surface area contributed by atoms with Crippen LogP contribution < -0.4 is 10.6 Å². The van der Waals surface area contributed by atoms with E-state index in [0.29, 0.717) is 12.2 Å². The monoisotopic (exact) mass is 379 g/mol. The number of nitrogens with one attached hydrogen (secondary N) is 2. The summed E-state index contributed by atoms with van der Waals surface area (Å²) in [6, 6.07) is 13.6. The van der Waals surface area contributed by atoms with E-state index in [1.54, 1.807) is 0 Å². The number of anilines is 3. The molecule has 0 fully saturated rings. The standard InChI is InChI=1S/C19H17N5O4/c1-12-2-4-13(5-3-12)10-20-17-16(24(27)28)18(22-11-21-17)23-15-8-6-14(7-9-15)19(25)26/h2-9,11H,10H2,1H3,(H,25,26)(H2,20,21,22,23). The third-order valence-electron chi connectivity index (χ3n) is 3.98. The molecule has 9 heteroatoms. The number of carboxylic acids is 1. The summed E-state index contributed by atoms with van der Waals surface area (Å²) in [5.74, 6) is -0.957. The van der Waals surface area contributed by atoms with Crippen molar-refractivity contribution < 1.29 is 14.8 Å². The smallest absolute Gasteiger partial charge is 0.353 e. The molecule has 3 rings (SSSR count). The third-order valence-corrected chi connectivity index (χ3v) is 3.98. The average Bonchev–Trinajstić information content (AvgIpc) is 2.68. The van der Waals surface area contributed by atoms with E-state index in [0.717, 1.165) is 11.1 Å². The van der Waals surface area contributed by atoms with Crippen molar-refractivity contribution in [3.63, 3.8) is 0 Å². The zero-order valence-corrected chi connectivity index (χ0v) is 14.9. The number of carboxylic acid groups (broad SMARTS) is 1. The number of aryl methyl sites for hydroxylation is 1. The van der Waals surface area contributed by atoms with Gasteiger partial charge in [0.25, 0.3) is 0 Å². The lowest BCUT2D eigenvalue weighted by Gasteiger charge is -2.10. The van der Waals surface area contributed by atoms with E-state index < -0.39 is 10.9 Å². The second-order valence-corrected chi connectivity index (χ2v) is 6.02. The van der Waals surface area contributed by atoms with Crippen LogP contribution in [-0.4, -0.2) is 26.0 Å². The molecule has 0 saturated heterocycles. The zero-order valence-electron chi connectivity index (χ0n) is 14.9. The Morgan fingerprint density at radius 3 is 2.32 bits per heavy atom. The molecule has 0 radical (unpaired) electrons. The molecule has 0 bridgehead atoms. The maximum atomic E-state index is 11.6. The van der Waals surface area contributed by atoms with Crippen LogP contribution in [-0.2, 0) is 6.54 Å². The second-order valence-electron chi connectivity index (χ2n) is 6.02. The largest absolute Gasteiger partial charge is 0.478 e. The second kappa shape index (κ2) is 8.12. The molecule has 3 aromatic rings. The van der Waals surface area contributed by atoms with Crippen LogP contribution >= 0.6 is 0 Å². The first-order chi connectivity index (χ1) is 13.4. The van der Waals surface area contributed by atoms with Crippen molar-refractivity contribution in [1.82, 2.24) is 9.97 Å². The minimum Gasteiger partial charge on any atom is -0.478 e. The third kappa shape index (κ3) is 4.39. The molecule has 0 unspecified atom stereocenters. The molecule has 1 heterocycles. The fourth-order valence-corrected chi connectivity index (χ4v) is 2.50. The molecule has 2 aromatic carbocycles. The first-order valence-corrected chi connectivity index (χ1v) is 8.33. The van der Waals surface area contributed by atoms with E-state index in [1.807, 2.05) is 31.2 Å². The summed E-state index contributed by atoms with van der Waals surface area (Å²) in [7, 11) is 0. The SMILES string of the molecule is Cc1ccc(CNc2ncnc(Nc3ccc(C(=O)O)cc3)c2[N+](=O)[O-])cc1. The Morgan fingerprint density at radius 2 is 1.71 bits per heavy atom. The summed E-state index contributed by atoms with van der Waals surface area (Å²) >= 11 is 0. The summed E-state index contributed by atoms with van der Waals surface area (Å²) in [4.78, 5) is 29.9. The molecule has 9 nitrogen and oxygen atoms in total. The van der Waals surface area contributed by atoms with Gasteiger partial charge in [-0.3, -0.25) is 10.1 Å². The van der Waals surface area contributed by atoms with Gasteiger partial charge in [-0.15, -0.1) is 0 Å². The van der Waals surface area contributed by atoms with Gasteiger partial charge in [0.2, 0.25) is 11.6 Å². The maximum Gasteiger partial charge on any atom is 0.353 e. The number of nitro groups is 1. The van der Waals surface area contributed by atoms with Crippen molar-refractivity contribution in [3.8, 4) is 0 Å². The van der Waals surface area contributed by atoms with Crippen molar-refractivity contribution in [1.29, 1.82) is 0 Å². The molecule has 0 saturated carbocycles. The molecule has 3 N–H and O–H groups in total. The highest BCUT2D eigenvalue weighted by molar-refractivity contribution is 5.88. The molecular weight excluding hydrogens is 362 g/mol. The fourth-order valence-electron chi connectivity index (χ4n) is 2.50. The van der Waals surface area contributed by atoms with Crippen molar-refractivity contribution in [2.75, 3.05) is 10.6 Å². The highest BCUT2D eigenvalue weighted by atomic mass is 16.6. The van der Waals surface area contributed by atoms with Gasteiger partial charge in [0, 0.05) is 12.2 Å². The number of nitrogens with zero attached hydrogens (tertiary/aromatic N) is 3. The number of carbonyl (C=O) groups is 1. The lowest BCUT2D eigenvalue weighted by atomic mass is 10.1. The summed E-state index contributed by atoms with van der Waals surface area (Å²) < 4.78 is 0. The number of benzene rings is 2. The topological polar surface area (TPSA) is 130 Å². The molecule has 0 spiro atoms. The van der Waals surface area contributed by atoms with Crippen LogP contribution in [0.3, 0.4) is 0 Å². The normalized spacial score (nSPS) is 10.3. The summed E-state index contributed by atoms with van der Waals surface area (Å²) in [5, 5.41) is 26.4. The molecule has 0 aliphatic carbocycles. The van der Waals surface area contributed by atoms with Crippen molar-refractivity contribution >= 4 is 29.0 Å². The minimum atomic E-state index is -1.05. The van der Waals surface area contributed by atoms with E-state index in [9.17, 15) is 14.9 Å². The Morgan fingerprint density at radius 1 is 1.07 bits per heavy atom. The molecule has 0 aliphatic heterocycles. The van der Waals surface area contributed by atoms with Crippen molar-refractivity contribution in [2.45, 2.75) is 13.5 Å². The number of rotatable bonds is 7. The van der Waals surface area contributed by atoms with Gasteiger partial charge in [0.05, 0.1) is 10.5 Å². The van der Waals surface area contributed by atoms with Crippen LogP contribution in [0.5, 0.6) is 0 Å². The lowest BCUT2D eigenvalue weighted by Crippen LogP contribution is -2.08. The molecule has 0 amide bonds. The number of aromatic carboxylic acids is 1. The van der Waals surface area contributed by atoms with Gasteiger partial charge in [-0.1, -0.05) is 29.8 Å². The van der Waals surface area contributed by atoms with Crippen molar-refractivity contribution in [2.24, 2.45) is 0 Å². The van der Waals surface area contributed by atoms with E-state index in [-0.39, 0.29) is 22.9 Å². The first-order valence-electron chi connectivity index (χ1n) is 8.33. The van der Waals surface area contributed by atoms with Crippen LogP contribution in [0.4, 0.5) is 23.0 Å². The average molecular weight is 379 g/mol. The van der Waals surface area contributed by atoms with Gasteiger partial charge >= 0.3 is 11.7 Å². The van der Waals surface area contributed by atoms with Gasteiger partial charge < -0.3 is 15.7 Å². The Bertz CT molecular complexity index is 1000. The van der Waals surface area contributed by atoms with Gasteiger partial charge in [0.1, 0.15) is 6.33 Å². The van der Waals surface area contributed by atoms with Gasteiger partial charge in [-0.05, 0) is 36.8 Å². The fraction of sp³-hybridized carbons (Fsp3) is 0.105. The molecule has 142 valence electrons.